The van der Waals surface area contributed by atoms with E-state index in [1.165, 1.54) is 0 Å². The summed E-state index contributed by atoms with van der Waals surface area (Å²) in [6, 6.07) is 19.4. The average Bonchev–Trinajstić information content (AvgIpc) is 3.27. The Labute approximate surface area is 192 Å². The molecule has 0 saturated heterocycles. The first-order chi connectivity index (χ1) is 15.7. The number of thiophene rings is 1. The van der Waals surface area contributed by atoms with Gasteiger partial charge in [-0.2, -0.15) is 0 Å². The first-order valence-corrected chi connectivity index (χ1v) is 11.5. The second-order valence-corrected chi connectivity index (χ2v) is 8.36. The molecule has 1 heterocycles. The van der Waals surface area contributed by atoms with Gasteiger partial charge in [-0.15, -0.1) is 11.3 Å². The Bertz CT molecular complexity index is 1220. The molecule has 0 atom stereocenters. The van der Waals surface area contributed by atoms with Crippen LogP contribution in [-0.2, 0) is 0 Å². The Morgan fingerprint density at radius 1 is 0.938 bits per heavy atom. The minimum Gasteiger partial charge on any atom is -0.497 e. The van der Waals surface area contributed by atoms with Crippen molar-refractivity contribution in [2.45, 2.75) is 19.8 Å². The van der Waals surface area contributed by atoms with Crippen LogP contribution in [0.3, 0.4) is 0 Å². The third kappa shape index (κ3) is 4.34. The molecule has 0 aliphatic carbocycles. The van der Waals surface area contributed by atoms with Gasteiger partial charge in [0, 0.05) is 32.7 Å². The maximum atomic E-state index is 13.9. The lowest BCUT2D eigenvalue weighted by molar-refractivity contribution is 0.103. The fourth-order valence-corrected chi connectivity index (χ4v) is 4.63. The Balaban J connectivity index is 1.87. The van der Waals surface area contributed by atoms with E-state index in [9.17, 15) is 4.79 Å². The lowest BCUT2D eigenvalue weighted by Gasteiger charge is -2.17. The third-order valence-corrected chi connectivity index (χ3v) is 6.38. The summed E-state index contributed by atoms with van der Waals surface area (Å²) in [4.78, 5) is 13.9. The monoisotopic (exact) mass is 446 g/mol. The number of methoxy groups -OCH3 is 2. The predicted molar refractivity (Wildman–Crippen MR) is 131 cm³/mol. The summed E-state index contributed by atoms with van der Waals surface area (Å²) >= 11 is 1.57. The van der Waals surface area contributed by atoms with E-state index in [1.807, 2.05) is 66.0 Å². The second kappa shape index (κ2) is 9.88. The summed E-state index contributed by atoms with van der Waals surface area (Å²) in [7, 11) is 3.22. The predicted octanol–water partition coefficient (Wildman–Crippen LogP) is 7.00. The van der Waals surface area contributed by atoms with Crippen LogP contribution >= 0.6 is 11.3 Å². The largest absolute Gasteiger partial charge is 0.497 e. The Morgan fingerprint density at radius 2 is 1.72 bits per heavy atom. The molecule has 0 saturated carbocycles. The van der Waals surface area contributed by atoms with Gasteiger partial charge in [-0.1, -0.05) is 43.7 Å². The van der Waals surface area contributed by atoms with Crippen LogP contribution in [0.4, 0.5) is 0 Å². The van der Waals surface area contributed by atoms with E-state index >= 15 is 0 Å². The highest BCUT2D eigenvalue weighted by atomic mass is 32.1. The van der Waals surface area contributed by atoms with Crippen LogP contribution < -0.4 is 14.2 Å². The summed E-state index contributed by atoms with van der Waals surface area (Å²) in [5, 5.41) is 2.88. The van der Waals surface area contributed by atoms with Crippen LogP contribution in [0.2, 0.25) is 0 Å². The number of fused-ring (bicyclic) bond motifs is 1. The van der Waals surface area contributed by atoms with Crippen LogP contribution in [0.5, 0.6) is 17.2 Å². The number of ketones is 1. The molecule has 4 rings (SSSR count). The van der Waals surface area contributed by atoms with Gasteiger partial charge in [0.05, 0.1) is 26.4 Å². The maximum Gasteiger partial charge on any atom is 0.198 e. The number of ether oxygens (including phenoxy) is 3. The van der Waals surface area contributed by atoms with Gasteiger partial charge in [-0.05, 0) is 36.2 Å². The third-order valence-electron chi connectivity index (χ3n) is 5.42. The molecule has 0 spiro atoms. The van der Waals surface area contributed by atoms with Crippen molar-refractivity contribution in [1.82, 2.24) is 0 Å². The van der Waals surface area contributed by atoms with Crippen molar-refractivity contribution in [1.29, 1.82) is 0 Å². The van der Waals surface area contributed by atoms with Crippen molar-refractivity contribution in [3.8, 4) is 28.4 Å². The van der Waals surface area contributed by atoms with Crippen molar-refractivity contribution in [3.63, 3.8) is 0 Å². The number of hydrogen-bond donors (Lipinski definition) is 0. The number of rotatable bonds is 9. The van der Waals surface area contributed by atoms with Crippen LogP contribution in [-0.4, -0.2) is 26.6 Å². The molecule has 0 unspecified atom stereocenters. The normalized spacial score (nSPS) is 10.8. The van der Waals surface area contributed by atoms with Gasteiger partial charge >= 0.3 is 0 Å². The molecule has 0 aliphatic heterocycles. The van der Waals surface area contributed by atoms with E-state index in [0.717, 1.165) is 39.8 Å². The lowest BCUT2D eigenvalue weighted by Crippen LogP contribution is -2.07. The molecule has 0 amide bonds. The summed E-state index contributed by atoms with van der Waals surface area (Å²) in [6.07, 6.45) is 2.01. The number of unbranched alkanes of at least 4 members (excludes halogenated alkanes) is 1. The van der Waals surface area contributed by atoms with E-state index in [4.69, 9.17) is 14.2 Å². The first-order valence-electron chi connectivity index (χ1n) is 10.7. The van der Waals surface area contributed by atoms with Crippen molar-refractivity contribution in [3.05, 3.63) is 77.2 Å². The van der Waals surface area contributed by atoms with Crippen LogP contribution in [0.1, 0.15) is 35.7 Å². The van der Waals surface area contributed by atoms with Crippen molar-refractivity contribution < 1.29 is 19.0 Å². The molecule has 164 valence electrons. The summed E-state index contributed by atoms with van der Waals surface area (Å²) in [6.45, 7) is 2.74. The highest BCUT2D eigenvalue weighted by Crippen LogP contribution is 2.39. The van der Waals surface area contributed by atoms with E-state index < -0.39 is 0 Å². The van der Waals surface area contributed by atoms with Crippen LogP contribution in [0.15, 0.2) is 66.0 Å². The standard InChI is InChI=1S/C27H26O4S/c1-4-5-14-31-20-15-22(18-10-12-19(29-2)13-11-18)26(24(16-20)30-3)27(28)23-17-32-25-9-7-6-8-21(23)25/h6-13,15-17H,4-5,14H2,1-3H3. The van der Waals surface area contributed by atoms with E-state index in [1.54, 1.807) is 25.6 Å². The molecular formula is C27H26O4S. The maximum absolute atomic E-state index is 13.9. The number of carbonyl (C=O) groups excluding carboxylic acids is 1. The Morgan fingerprint density at radius 3 is 2.44 bits per heavy atom. The van der Waals surface area contributed by atoms with Crippen molar-refractivity contribution >= 4 is 27.2 Å². The minimum absolute atomic E-state index is 0.0646. The van der Waals surface area contributed by atoms with Gasteiger partial charge in [0.2, 0.25) is 0 Å². The van der Waals surface area contributed by atoms with Crippen LogP contribution in [0.25, 0.3) is 21.2 Å². The quantitative estimate of drug-likeness (QED) is 0.205. The van der Waals surface area contributed by atoms with Crippen molar-refractivity contribution in [2.75, 3.05) is 20.8 Å². The topological polar surface area (TPSA) is 44.8 Å². The number of carbonyl (C=O) groups is 1. The molecule has 4 nitrogen and oxygen atoms in total. The van der Waals surface area contributed by atoms with E-state index in [-0.39, 0.29) is 5.78 Å². The Kier molecular flexibility index (Phi) is 6.76. The smallest absolute Gasteiger partial charge is 0.198 e. The van der Waals surface area contributed by atoms with Gasteiger partial charge in [-0.3, -0.25) is 4.79 Å². The zero-order chi connectivity index (χ0) is 22.5. The first kappa shape index (κ1) is 21.9. The van der Waals surface area contributed by atoms with Crippen molar-refractivity contribution in [2.24, 2.45) is 0 Å². The SMILES string of the molecule is CCCCOc1cc(OC)c(C(=O)c2csc3ccccc23)c(-c2ccc(OC)cc2)c1. The van der Waals surface area contributed by atoms with Gasteiger partial charge in [0.25, 0.3) is 0 Å². The lowest BCUT2D eigenvalue weighted by atomic mass is 9.92. The highest BCUT2D eigenvalue weighted by Gasteiger charge is 2.24. The number of benzene rings is 3. The van der Waals surface area contributed by atoms with Gasteiger partial charge < -0.3 is 14.2 Å². The van der Waals surface area contributed by atoms with Gasteiger partial charge in [-0.25, -0.2) is 0 Å². The number of hydrogen-bond acceptors (Lipinski definition) is 5. The molecule has 0 N–H and O–H groups in total. The molecule has 4 aromatic rings. The average molecular weight is 447 g/mol. The fourth-order valence-electron chi connectivity index (χ4n) is 3.69. The molecule has 0 bridgehead atoms. The molecule has 5 heteroatoms. The molecule has 32 heavy (non-hydrogen) atoms. The van der Waals surface area contributed by atoms with Gasteiger partial charge in [0.15, 0.2) is 5.78 Å². The minimum atomic E-state index is -0.0646. The molecule has 0 fully saturated rings. The van der Waals surface area contributed by atoms with E-state index in [2.05, 4.69) is 6.92 Å². The molecule has 1 aromatic heterocycles. The zero-order valence-electron chi connectivity index (χ0n) is 18.5. The van der Waals surface area contributed by atoms with Crippen LogP contribution in [0, 0.1) is 0 Å². The Hall–Kier alpha value is -3.31. The van der Waals surface area contributed by atoms with Gasteiger partial charge in [0.1, 0.15) is 17.2 Å². The van der Waals surface area contributed by atoms with E-state index in [0.29, 0.717) is 29.2 Å². The molecular weight excluding hydrogens is 420 g/mol. The molecule has 0 radical (unpaired) electrons. The zero-order valence-corrected chi connectivity index (χ0v) is 19.3. The second-order valence-electron chi connectivity index (χ2n) is 7.45. The summed E-state index contributed by atoms with van der Waals surface area (Å²) in [5.41, 5.74) is 2.88. The summed E-state index contributed by atoms with van der Waals surface area (Å²) in [5.74, 6) is 1.89. The fraction of sp³-hybridized carbons (Fsp3) is 0.222. The highest BCUT2D eigenvalue weighted by molar-refractivity contribution is 7.17. The molecule has 3 aromatic carbocycles. The molecule has 0 aliphatic rings. The summed E-state index contributed by atoms with van der Waals surface area (Å²) < 4.78 is 18.1.